The number of carbonyl (C=O) groups is 2. The van der Waals surface area contributed by atoms with E-state index in [1.54, 1.807) is 30.3 Å². The first-order chi connectivity index (χ1) is 13.6. The third-order valence-corrected chi connectivity index (χ3v) is 5.41. The van der Waals surface area contributed by atoms with E-state index < -0.39 is 0 Å². The molecule has 0 aliphatic carbocycles. The van der Waals surface area contributed by atoms with Crippen molar-refractivity contribution in [1.29, 1.82) is 0 Å². The van der Waals surface area contributed by atoms with Crippen LogP contribution in [-0.4, -0.2) is 27.6 Å². The lowest BCUT2D eigenvalue weighted by atomic mass is 10.0. The smallest absolute Gasteiger partial charge is 0.277 e. The summed E-state index contributed by atoms with van der Waals surface area (Å²) in [6.07, 6.45) is 2.05. The van der Waals surface area contributed by atoms with Crippen LogP contribution >= 0.6 is 23.4 Å². The van der Waals surface area contributed by atoms with Gasteiger partial charge in [-0.25, -0.2) is 0 Å². The number of nitrogens with one attached hydrogen (secondary N) is 1. The Morgan fingerprint density at radius 1 is 1.18 bits per heavy atom. The molecule has 1 aliphatic heterocycles. The van der Waals surface area contributed by atoms with Gasteiger partial charge in [0.05, 0.1) is 5.75 Å². The normalized spacial score (nSPS) is 13.5. The highest BCUT2D eigenvalue weighted by Crippen LogP contribution is 2.27. The number of anilines is 1. The number of aryl methyl sites for hydroxylation is 1. The SMILES string of the molecule is O=C1CCCc2cc(C(=O)CSc3nnc(-c4cccc(Cl)c4)o3)ccc2N1. The van der Waals surface area contributed by atoms with E-state index in [0.717, 1.165) is 29.7 Å². The van der Waals surface area contributed by atoms with Crippen molar-refractivity contribution in [3.05, 3.63) is 58.6 Å². The van der Waals surface area contributed by atoms with Gasteiger partial charge in [0.15, 0.2) is 5.78 Å². The Hall–Kier alpha value is -2.64. The minimum atomic E-state index is -0.0362. The summed E-state index contributed by atoms with van der Waals surface area (Å²) in [4.78, 5) is 24.2. The molecular weight excluding hydrogens is 398 g/mol. The summed E-state index contributed by atoms with van der Waals surface area (Å²) in [5.74, 6) is 0.520. The average molecular weight is 414 g/mol. The number of amides is 1. The summed E-state index contributed by atoms with van der Waals surface area (Å²) in [6, 6.07) is 12.5. The van der Waals surface area contributed by atoms with Crippen LogP contribution in [0.25, 0.3) is 11.5 Å². The highest BCUT2D eigenvalue weighted by molar-refractivity contribution is 7.99. The largest absolute Gasteiger partial charge is 0.411 e. The second-order valence-corrected chi connectivity index (χ2v) is 7.73. The van der Waals surface area contributed by atoms with Crippen molar-refractivity contribution in [3.63, 3.8) is 0 Å². The van der Waals surface area contributed by atoms with Gasteiger partial charge in [0, 0.05) is 28.3 Å². The van der Waals surface area contributed by atoms with Crippen molar-refractivity contribution in [1.82, 2.24) is 10.2 Å². The molecule has 0 atom stereocenters. The maximum absolute atomic E-state index is 12.6. The number of ketones is 1. The predicted octanol–water partition coefficient (Wildman–Crippen LogP) is 4.64. The number of rotatable bonds is 5. The van der Waals surface area contributed by atoms with Gasteiger partial charge in [-0.15, -0.1) is 10.2 Å². The number of hydrogen-bond donors (Lipinski definition) is 1. The maximum Gasteiger partial charge on any atom is 0.277 e. The molecule has 1 aromatic heterocycles. The minimum Gasteiger partial charge on any atom is -0.411 e. The van der Waals surface area contributed by atoms with Gasteiger partial charge >= 0.3 is 0 Å². The molecule has 2 aromatic carbocycles. The van der Waals surface area contributed by atoms with Crippen molar-refractivity contribution in [2.24, 2.45) is 0 Å². The van der Waals surface area contributed by atoms with Crippen molar-refractivity contribution in [2.75, 3.05) is 11.1 Å². The maximum atomic E-state index is 12.6. The highest BCUT2D eigenvalue weighted by Gasteiger charge is 2.16. The molecule has 4 rings (SSSR count). The fourth-order valence-corrected chi connectivity index (χ4v) is 3.81. The van der Waals surface area contributed by atoms with E-state index in [1.165, 1.54) is 11.8 Å². The Labute approximate surface area is 170 Å². The Bertz CT molecular complexity index is 1050. The fraction of sp³-hybridized carbons (Fsp3) is 0.200. The topological polar surface area (TPSA) is 85.1 Å². The van der Waals surface area contributed by atoms with Crippen LogP contribution in [0.5, 0.6) is 0 Å². The fourth-order valence-electron chi connectivity index (χ4n) is 2.96. The van der Waals surface area contributed by atoms with E-state index in [-0.39, 0.29) is 17.4 Å². The van der Waals surface area contributed by atoms with Crippen LogP contribution in [0.3, 0.4) is 0 Å². The van der Waals surface area contributed by atoms with Crippen LogP contribution in [0.15, 0.2) is 52.1 Å². The van der Waals surface area contributed by atoms with Crippen LogP contribution < -0.4 is 5.32 Å². The number of thioether (sulfide) groups is 1. The van der Waals surface area contributed by atoms with Gasteiger partial charge in [-0.3, -0.25) is 9.59 Å². The molecule has 0 unspecified atom stereocenters. The van der Waals surface area contributed by atoms with Crippen LogP contribution in [0.1, 0.15) is 28.8 Å². The molecule has 6 nitrogen and oxygen atoms in total. The molecule has 0 spiro atoms. The number of halogens is 1. The number of Topliss-reactive ketones (excluding diaryl/α,β-unsaturated/α-hetero) is 1. The summed E-state index contributed by atoms with van der Waals surface area (Å²) in [5.41, 5.74) is 3.11. The Morgan fingerprint density at radius 3 is 2.93 bits per heavy atom. The number of benzene rings is 2. The molecule has 1 amide bonds. The second-order valence-electron chi connectivity index (χ2n) is 6.37. The molecule has 1 aliphatic rings. The van der Waals surface area contributed by atoms with E-state index in [2.05, 4.69) is 15.5 Å². The third-order valence-electron chi connectivity index (χ3n) is 4.36. The molecule has 0 saturated carbocycles. The van der Waals surface area contributed by atoms with Crippen molar-refractivity contribution in [2.45, 2.75) is 24.5 Å². The standard InChI is InChI=1S/C20H16ClN3O3S/c21-15-5-1-4-14(10-15)19-23-24-20(27-19)28-11-17(25)13-7-8-16-12(9-13)3-2-6-18(26)22-16/h1,4-5,7-10H,2-3,6,11H2,(H,22,26). The zero-order chi connectivity index (χ0) is 19.5. The first kappa shape index (κ1) is 18.7. The molecule has 0 saturated heterocycles. The molecule has 0 radical (unpaired) electrons. The Balaban J connectivity index is 1.42. The Morgan fingerprint density at radius 2 is 2.07 bits per heavy atom. The lowest BCUT2D eigenvalue weighted by Gasteiger charge is -2.08. The van der Waals surface area contributed by atoms with Crippen LogP contribution in [0, 0.1) is 0 Å². The summed E-state index contributed by atoms with van der Waals surface area (Å²) < 4.78 is 5.61. The van der Waals surface area contributed by atoms with Gasteiger partial charge < -0.3 is 9.73 Å². The molecule has 0 bridgehead atoms. The molecular formula is C20H16ClN3O3S. The van der Waals surface area contributed by atoms with Crippen molar-refractivity contribution < 1.29 is 14.0 Å². The lowest BCUT2D eigenvalue weighted by molar-refractivity contribution is -0.116. The number of fused-ring (bicyclic) bond motifs is 1. The van der Waals surface area contributed by atoms with Gasteiger partial charge in [0.25, 0.3) is 5.22 Å². The molecule has 0 fully saturated rings. The number of hydrogen-bond acceptors (Lipinski definition) is 6. The average Bonchev–Trinajstić information content (AvgIpc) is 3.08. The molecule has 28 heavy (non-hydrogen) atoms. The first-order valence-electron chi connectivity index (χ1n) is 8.77. The number of carbonyl (C=O) groups excluding carboxylic acids is 2. The number of nitrogens with zero attached hydrogens (tertiary/aromatic N) is 2. The zero-order valence-electron chi connectivity index (χ0n) is 14.8. The highest BCUT2D eigenvalue weighted by atomic mass is 35.5. The molecule has 8 heteroatoms. The summed E-state index contributed by atoms with van der Waals surface area (Å²) in [6.45, 7) is 0. The number of aromatic nitrogens is 2. The summed E-state index contributed by atoms with van der Waals surface area (Å²) in [5, 5.41) is 11.8. The minimum absolute atomic E-state index is 0.0142. The zero-order valence-corrected chi connectivity index (χ0v) is 16.3. The van der Waals surface area contributed by atoms with Gasteiger partial charge in [0.2, 0.25) is 11.8 Å². The van der Waals surface area contributed by atoms with E-state index in [1.807, 2.05) is 12.1 Å². The molecule has 142 valence electrons. The van der Waals surface area contributed by atoms with Crippen LogP contribution in [0.4, 0.5) is 5.69 Å². The molecule has 2 heterocycles. The van der Waals surface area contributed by atoms with Crippen LogP contribution in [-0.2, 0) is 11.2 Å². The predicted molar refractivity (Wildman–Crippen MR) is 108 cm³/mol. The Kier molecular flexibility index (Phi) is 5.45. The van der Waals surface area contributed by atoms with Gasteiger partial charge in [-0.2, -0.15) is 0 Å². The van der Waals surface area contributed by atoms with E-state index in [9.17, 15) is 9.59 Å². The van der Waals surface area contributed by atoms with Crippen molar-refractivity contribution in [3.8, 4) is 11.5 Å². The summed E-state index contributed by atoms with van der Waals surface area (Å²) >= 11 is 7.17. The van der Waals surface area contributed by atoms with Crippen molar-refractivity contribution >= 4 is 40.7 Å². The third kappa shape index (κ3) is 4.26. The lowest BCUT2D eigenvalue weighted by Crippen LogP contribution is -2.10. The quantitative estimate of drug-likeness (QED) is 0.484. The van der Waals surface area contributed by atoms with Gasteiger partial charge in [-0.1, -0.05) is 29.4 Å². The second kappa shape index (κ2) is 8.16. The first-order valence-corrected chi connectivity index (χ1v) is 10.1. The van der Waals surface area contributed by atoms with E-state index in [4.69, 9.17) is 16.0 Å². The molecule has 1 N–H and O–H groups in total. The van der Waals surface area contributed by atoms with Gasteiger partial charge in [-0.05, 0) is 54.8 Å². The molecule has 3 aromatic rings. The monoisotopic (exact) mass is 413 g/mol. The van der Waals surface area contributed by atoms with Gasteiger partial charge in [0.1, 0.15) is 0 Å². The van der Waals surface area contributed by atoms with Crippen LogP contribution in [0.2, 0.25) is 5.02 Å². The van der Waals surface area contributed by atoms with E-state index in [0.29, 0.717) is 28.1 Å². The van der Waals surface area contributed by atoms with E-state index >= 15 is 0 Å². The summed E-state index contributed by atoms with van der Waals surface area (Å²) in [7, 11) is 0.